The van der Waals surface area contributed by atoms with Gasteiger partial charge in [0, 0.05) is 22.8 Å². The number of nitrogens with one attached hydrogen (secondary N) is 2. The van der Waals surface area contributed by atoms with Crippen LogP contribution in [0.15, 0.2) is 48.5 Å². The van der Waals surface area contributed by atoms with Gasteiger partial charge in [-0.15, -0.1) is 10.2 Å². The fourth-order valence-electron chi connectivity index (χ4n) is 2.20. The Morgan fingerprint density at radius 1 is 1.12 bits per heavy atom. The number of rotatable bonds is 4. The van der Waals surface area contributed by atoms with Crippen LogP contribution < -0.4 is 10.6 Å². The Balaban J connectivity index is 1.56. The lowest BCUT2D eigenvalue weighted by Crippen LogP contribution is -2.34. The van der Waals surface area contributed by atoms with Crippen molar-refractivity contribution >= 4 is 29.1 Å². The Hall–Kier alpha value is -3.26. The molecule has 0 fully saturated rings. The molecule has 3 rings (SSSR count). The number of tetrazole rings is 1. The summed E-state index contributed by atoms with van der Waals surface area (Å²) in [7, 11) is 1.67. The lowest BCUT2D eigenvalue weighted by molar-refractivity contribution is -0.136. The van der Waals surface area contributed by atoms with E-state index in [4.69, 9.17) is 11.6 Å². The number of hydrogen-bond acceptors (Lipinski definition) is 5. The van der Waals surface area contributed by atoms with Gasteiger partial charge in [0.25, 0.3) is 0 Å². The lowest BCUT2D eigenvalue weighted by atomic mass is 10.2. The molecule has 0 bridgehead atoms. The maximum atomic E-state index is 12.0. The average molecular weight is 371 g/mol. The predicted molar refractivity (Wildman–Crippen MR) is 96.2 cm³/mol. The summed E-state index contributed by atoms with van der Waals surface area (Å²) in [5, 5.41) is 17.4. The molecule has 8 nitrogen and oxygen atoms in total. The third-order valence-corrected chi connectivity index (χ3v) is 3.69. The fraction of sp³-hybridized carbons (Fsp3) is 0.118. The van der Waals surface area contributed by atoms with Crippen molar-refractivity contribution in [2.24, 2.45) is 7.05 Å². The van der Waals surface area contributed by atoms with Crippen LogP contribution in [0.25, 0.3) is 11.4 Å². The highest BCUT2D eigenvalue weighted by Crippen LogP contribution is 2.17. The summed E-state index contributed by atoms with van der Waals surface area (Å²) in [6.07, 6.45) is 0. The van der Waals surface area contributed by atoms with Gasteiger partial charge in [-0.05, 0) is 47.2 Å². The number of halogens is 1. The largest absolute Gasteiger partial charge is 0.344 e. The number of hydrogen-bond donors (Lipinski definition) is 2. The van der Waals surface area contributed by atoms with E-state index in [0.717, 1.165) is 11.1 Å². The van der Waals surface area contributed by atoms with Crippen molar-refractivity contribution in [2.75, 3.05) is 5.32 Å². The van der Waals surface area contributed by atoms with Crippen molar-refractivity contribution < 1.29 is 9.59 Å². The maximum absolute atomic E-state index is 12.0. The predicted octanol–water partition coefficient (Wildman–Crippen LogP) is 1.79. The van der Waals surface area contributed by atoms with Crippen LogP contribution in [0, 0.1) is 0 Å². The van der Waals surface area contributed by atoms with Crippen LogP contribution in [0.1, 0.15) is 5.56 Å². The molecule has 0 spiro atoms. The quantitative estimate of drug-likeness (QED) is 0.682. The molecule has 0 atom stereocenters. The zero-order valence-electron chi connectivity index (χ0n) is 13.8. The first-order chi connectivity index (χ1) is 12.5. The number of nitrogens with zero attached hydrogens (tertiary/aromatic N) is 4. The van der Waals surface area contributed by atoms with Crippen LogP contribution in [0.4, 0.5) is 5.69 Å². The highest BCUT2D eigenvalue weighted by molar-refractivity contribution is 6.39. The van der Waals surface area contributed by atoms with Gasteiger partial charge >= 0.3 is 11.8 Å². The Morgan fingerprint density at radius 3 is 2.54 bits per heavy atom. The number of anilines is 1. The first-order valence-electron chi connectivity index (χ1n) is 7.69. The van der Waals surface area contributed by atoms with Gasteiger partial charge in [0.1, 0.15) is 0 Å². The minimum atomic E-state index is -0.752. The number of carbonyl (C=O) groups excluding carboxylic acids is 2. The molecule has 2 amide bonds. The number of aromatic nitrogens is 4. The van der Waals surface area contributed by atoms with Gasteiger partial charge in [-0.25, -0.2) is 0 Å². The second-order valence-corrected chi connectivity index (χ2v) is 5.88. The topological polar surface area (TPSA) is 102 Å². The molecule has 0 saturated heterocycles. The summed E-state index contributed by atoms with van der Waals surface area (Å²) in [5.41, 5.74) is 2.04. The zero-order valence-corrected chi connectivity index (χ0v) is 14.6. The van der Waals surface area contributed by atoms with E-state index in [0.29, 0.717) is 16.5 Å². The molecule has 0 unspecified atom stereocenters. The van der Waals surface area contributed by atoms with E-state index >= 15 is 0 Å². The monoisotopic (exact) mass is 370 g/mol. The van der Waals surface area contributed by atoms with Crippen molar-refractivity contribution in [1.29, 1.82) is 0 Å². The molecule has 9 heteroatoms. The first-order valence-corrected chi connectivity index (χ1v) is 8.07. The van der Waals surface area contributed by atoms with Crippen molar-refractivity contribution in [1.82, 2.24) is 25.5 Å². The van der Waals surface area contributed by atoms with Gasteiger partial charge in [-0.1, -0.05) is 23.7 Å². The summed E-state index contributed by atoms with van der Waals surface area (Å²) in [4.78, 5) is 25.2. The molecule has 1 heterocycles. The van der Waals surface area contributed by atoms with E-state index in [2.05, 4.69) is 26.0 Å². The number of amides is 2. The Labute approximate surface area is 154 Å². The van der Waals surface area contributed by atoms with Gasteiger partial charge < -0.3 is 10.6 Å². The molecule has 0 aliphatic carbocycles. The lowest BCUT2D eigenvalue weighted by Gasteiger charge is -2.07. The molecule has 132 valence electrons. The third kappa shape index (κ3) is 4.42. The van der Waals surface area contributed by atoms with Gasteiger partial charge in [0.15, 0.2) is 0 Å². The minimum Gasteiger partial charge on any atom is -0.344 e. The van der Waals surface area contributed by atoms with Crippen molar-refractivity contribution in [3.05, 3.63) is 59.1 Å². The summed E-state index contributed by atoms with van der Waals surface area (Å²) < 4.78 is 0. The zero-order chi connectivity index (χ0) is 18.5. The second-order valence-electron chi connectivity index (χ2n) is 5.45. The minimum absolute atomic E-state index is 0.212. The summed E-state index contributed by atoms with van der Waals surface area (Å²) in [6, 6.07) is 13.8. The molecule has 0 aliphatic rings. The SMILES string of the molecule is Cn1nnc(-c2ccc(NC(=O)C(=O)NCc3cccc(Cl)c3)cc2)n1. The molecule has 3 aromatic rings. The van der Waals surface area contributed by atoms with E-state index in [1.807, 2.05) is 6.07 Å². The highest BCUT2D eigenvalue weighted by atomic mass is 35.5. The molecule has 0 saturated carbocycles. The van der Waals surface area contributed by atoms with Crippen LogP contribution >= 0.6 is 11.6 Å². The van der Waals surface area contributed by atoms with E-state index in [1.165, 1.54) is 4.80 Å². The van der Waals surface area contributed by atoms with E-state index < -0.39 is 11.8 Å². The molecule has 2 aromatic carbocycles. The van der Waals surface area contributed by atoms with E-state index in [1.54, 1.807) is 49.5 Å². The average Bonchev–Trinajstić information content (AvgIpc) is 3.07. The number of carbonyl (C=O) groups is 2. The Kier molecular flexibility index (Phi) is 5.23. The van der Waals surface area contributed by atoms with Crippen LogP contribution in [0.3, 0.4) is 0 Å². The summed E-state index contributed by atoms with van der Waals surface area (Å²) in [5.74, 6) is -1.01. The van der Waals surface area contributed by atoms with Crippen molar-refractivity contribution in [3.63, 3.8) is 0 Å². The standard InChI is InChI=1S/C17H15ClN6O2/c1-24-22-15(21-23-24)12-5-7-14(8-6-12)20-17(26)16(25)19-10-11-3-2-4-13(18)9-11/h2-9H,10H2,1H3,(H,19,25)(H,20,26). The summed E-state index contributed by atoms with van der Waals surface area (Å²) in [6.45, 7) is 0.212. The Morgan fingerprint density at radius 2 is 1.88 bits per heavy atom. The van der Waals surface area contributed by atoms with Crippen LogP contribution in [0.5, 0.6) is 0 Å². The summed E-state index contributed by atoms with van der Waals surface area (Å²) >= 11 is 5.88. The molecule has 26 heavy (non-hydrogen) atoms. The van der Waals surface area contributed by atoms with Gasteiger partial charge in [-0.3, -0.25) is 9.59 Å². The fourth-order valence-corrected chi connectivity index (χ4v) is 2.41. The van der Waals surface area contributed by atoms with E-state index in [-0.39, 0.29) is 6.54 Å². The highest BCUT2D eigenvalue weighted by Gasteiger charge is 2.13. The van der Waals surface area contributed by atoms with Crippen LogP contribution in [-0.4, -0.2) is 32.0 Å². The molecule has 0 aliphatic heterocycles. The molecule has 2 N–H and O–H groups in total. The normalized spacial score (nSPS) is 10.4. The Bertz CT molecular complexity index is 938. The van der Waals surface area contributed by atoms with Gasteiger partial charge in [0.05, 0.1) is 7.05 Å². The number of aryl methyl sites for hydroxylation is 1. The van der Waals surface area contributed by atoms with E-state index in [9.17, 15) is 9.59 Å². The van der Waals surface area contributed by atoms with Crippen LogP contribution in [0.2, 0.25) is 5.02 Å². The van der Waals surface area contributed by atoms with Crippen molar-refractivity contribution in [2.45, 2.75) is 6.54 Å². The van der Waals surface area contributed by atoms with Gasteiger partial charge in [-0.2, -0.15) is 4.80 Å². The van der Waals surface area contributed by atoms with Crippen molar-refractivity contribution in [3.8, 4) is 11.4 Å². The maximum Gasteiger partial charge on any atom is 0.313 e. The molecular weight excluding hydrogens is 356 g/mol. The molecule has 0 radical (unpaired) electrons. The molecular formula is C17H15ClN6O2. The second kappa shape index (κ2) is 7.75. The van der Waals surface area contributed by atoms with Crippen LogP contribution in [-0.2, 0) is 23.2 Å². The number of benzene rings is 2. The molecule has 1 aromatic heterocycles. The third-order valence-electron chi connectivity index (χ3n) is 3.46. The van der Waals surface area contributed by atoms with Gasteiger partial charge in [0.2, 0.25) is 5.82 Å². The first kappa shape index (κ1) is 17.6. The smallest absolute Gasteiger partial charge is 0.313 e.